The molecule has 0 radical (unpaired) electrons. The Hall–Kier alpha value is -3.78. The van der Waals surface area contributed by atoms with E-state index in [2.05, 4.69) is 4.98 Å². The zero-order chi connectivity index (χ0) is 21.7. The second-order valence-corrected chi connectivity index (χ2v) is 7.71. The Bertz CT molecular complexity index is 1410. The van der Waals surface area contributed by atoms with Crippen molar-refractivity contribution >= 4 is 33.5 Å². The molecule has 1 aliphatic rings. The molecule has 2 aromatic carbocycles. The normalized spacial score (nSPS) is 16.3. The number of hydrogen-bond acceptors (Lipinski definition) is 5. The Kier molecular flexibility index (Phi) is 4.44. The van der Waals surface area contributed by atoms with Crippen molar-refractivity contribution < 1.29 is 14.3 Å². The molecule has 2 aromatic heterocycles. The molecule has 1 saturated heterocycles. The first-order valence-corrected chi connectivity index (χ1v) is 9.91. The number of carboxylic acids is 1. The number of carboxylic acid groups (broad SMARTS) is 1. The number of carbonyl (C=O) groups is 1. The Morgan fingerprint density at radius 1 is 1.16 bits per heavy atom. The number of rotatable bonds is 3. The van der Waals surface area contributed by atoms with Gasteiger partial charge in [-0.05, 0) is 42.8 Å². The Labute approximate surface area is 176 Å². The zero-order valence-corrected chi connectivity index (χ0v) is 16.5. The minimum absolute atomic E-state index is 0.00513. The van der Waals surface area contributed by atoms with Crippen molar-refractivity contribution in [3.63, 3.8) is 0 Å². The van der Waals surface area contributed by atoms with Crippen LogP contribution in [0, 0.1) is 5.82 Å². The molecule has 0 aliphatic carbocycles. The maximum absolute atomic E-state index is 15.0. The van der Waals surface area contributed by atoms with Gasteiger partial charge in [0, 0.05) is 42.3 Å². The summed E-state index contributed by atoms with van der Waals surface area (Å²) in [5.74, 6) is -1.94. The predicted octanol–water partition coefficient (Wildman–Crippen LogP) is 2.91. The van der Waals surface area contributed by atoms with Gasteiger partial charge >= 0.3 is 5.97 Å². The van der Waals surface area contributed by atoms with E-state index in [1.807, 2.05) is 23.1 Å². The number of aromatic carboxylic acids is 1. The van der Waals surface area contributed by atoms with Crippen molar-refractivity contribution in [2.45, 2.75) is 12.5 Å². The largest absolute Gasteiger partial charge is 0.477 e. The summed E-state index contributed by atoms with van der Waals surface area (Å²) in [5, 5.41) is 10.4. The molecule has 4 aromatic rings. The van der Waals surface area contributed by atoms with Crippen molar-refractivity contribution in [2.24, 2.45) is 5.73 Å². The summed E-state index contributed by atoms with van der Waals surface area (Å²) in [4.78, 5) is 30.8. The highest BCUT2D eigenvalue weighted by Crippen LogP contribution is 2.30. The third-order valence-electron chi connectivity index (χ3n) is 5.75. The van der Waals surface area contributed by atoms with Gasteiger partial charge in [-0.2, -0.15) is 0 Å². The number of fused-ring (bicyclic) bond motifs is 2. The van der Waals surface area contributed by atoms with Gasteiger partial charge in [-0.25, -0.2) is 9.18 Å². The van der Waals surface area contributed by atoms with Crippen molar-refractivity contribution in [1.29, 1.82) is 0 Å². The minimum Gasteiger partial charge on any atom is -0.477 e. The fourth-order valence-corrected chi connectivity index (χ4v) is 4.23. The van der Waals surface area contributed by atoms with Crippen LogP contribution in [-0.2, 0) is 0 Å². The summed E-state index contributed by atoms with van der Waals surface area (Å²) in [6.07, 6.45) is 3.71. The first-order valence-electron chi connectivity index (χ1n) is 9.91. The van der Waals surface area contributed by atoms with E-state index < -0.39 is 22.8 Å². The van der Waals surface area contributed by atoms with Crippen molar-refractivity contribution in [1.82, 2.24) is 9.55 Å². The third-order valence-corrected chi connectivity index (χ3v) is 5.75. The van der Waals surface area contributed by atoms with Crippen LogP contribution in [0.4, 0.5) is 10.1 Å². The molecule has 31 heavy (non-hydrogen) atoms. The lowest BCUT2D eigenvalue weighted by atomic mass is 10.1. The summed E-state index contributed by atoms with van der Waals surface area (Å²) < 4.78 is 16.6. The number of nitrogens with zero attached hydrogens (tertiary/aromatic N) is 3. The van der Waals surface area contributed by atoms with Gasteiger partial charge in [-0.15, -0.1) is 0 Å². The van der Waals surface area contributed by atoms with E-state index in [4.69, 9.17) is 5.73 Å². The maximum Gasteiger partial charge on any atom is 0.341 e. The lowest BCUT2D eigenvalue weighted by Gasteiger charge is -2.21. The Balaban J connectivity index is 1.87. The van der Waals surface area contributed by atoms with Crippen LogP contribution in [0.1, 0.15) is 16.8 Å². The van der Waals surface area contributed by atoms with Gasteiger partial charge in [0.2, 0.25) is 5.43 Å². The van der Waals surface area contributed by atoms with E-state index in [9.17, 15) is 14.7 Å². The second kappa shape index (κ2) is 7.17. The van der Waals surface area contributed by atoms with Crippen LogP contribution in [-0.4, -0.2) is 39.8 Å². The SMILES string of the molecule is N[C@H]1CCN(c2cc3c(cc2F)c(=O)c(C(=O)O)cn3-c2cccc3ncccc23)C1. The van der Waals surface area contributed by atoms with Gasteiger partial charge in [0.15, 0.2) is 0 Å². The molecule has 8 heteroatoms. The lowest BCUT2D eigenvalue weighted by Crippen LogP contribution is -2.27. The van der Waals surface area contributed by atoms with Gasteiger partial charge in [-0.1, -0.05) is 6.07 Å². The molecule has 0 saturated carbocycles. The standard InChI is InChI=1S/C23H19FN4O3/c24-17-9-15-20(10-21(17)27-8-6-13(25)11-27)28(12-16(22(15)29)23(30)31)19-5-1-4-18-14(19)3-2-7-26-18/h1-5,7,9-10,12-13H,6,8,11,25H2,(H,30,31)/t13-/m0/s1. The van der Waals surface area contributed by atoms with E-state index in [1.165, 1.54) is 6.20 Å². The second-order valence-electron chi connectivity index (χ2n) is 7.71. The number of nitrogens with two attached hydrogens (primary N) is 1. The molecular weight excluding hydrogens is 399 g/mol. The molecule has 1 aliphatic heterocycles. The van der Waals surface area contributed by atoms with Gasteiger partial charge in [-0.3, -0.25) is 9.78 Å². The molecule has 0 unspecified atom stereocenters. The summed E-state index contributed by atoms with van der Waals surface area (Å²) >= 11 is 0. The molecule has 3 N–H and O–H groups in total. The van der Waals surface area contributed by atoms with E-state index in [0.717, 1.165) is 23.4 Å². The van der Waals surface area contributed by atoms with Gasteiger partial charge in [0.1, 0.15) is 11.4 Å². The molecule has 0 bridgehead atoms. The van der Waals surface area contributed by atoms with Gasteiger partial charge in [0.25, 0.3) is 0 Å². The van der Waals surface area contributed by atoms with Gasteiger partial charge < -0.3 is 20.3 Å². The molecule has 1 atom stereocenters. The molecular formula is C23H19FN4O3. The summed E-state index contributed by atoms with van der Waals surface area (Å²) in [5.41, 5.74) is 6.97. The Morgan fingerprint density at radius 2 is 2.00 bits per heavy atom. The topological polar surface area (TPSA) is 101 Å². The maximum atomic E-state index is 15.0. The van der Waals surface area contributed by atoms with Crippen LogP contribution in [0.3, 0.4) is 0 Å². The molecule has 5 rings (SSSR count). The number of aromatic nitrogens is 2. The van der Waals surface area contributed by atoms with Crippen LogP contribution in [0.2, 0.25) is 0 Å². The first kappa shape index (κ1) is 19.2. The average Bonchev–Trinajstić information content (AvgIpc) is 3.19. The Morgan fingerprint density at radius 3 is 2.74 bits per heavy atom. The number of pyridine rings is 2. The average molecular weight is 418 g/mol. The summed E-state index contributed by atoms with van der Waals surface area (Å²) in [7, 11) is 0. The van der Waals surface area contributed by atoms with Crippen LogP contribution in [0.15, 0.2) is 59.7 Å². The van der Waals surface area contributed by atoms with Crippen molar-refractivity contribution in [3.05, 3.63) is 76.5 Å². The molecule has 0 amide bonds. The minimum atomic E-state index is -1.37. The van der Waals surface area contributed by atoms with Crippen LogP contribution in [0.5, 0.6) is 0 Å². The molecule has 7 nitrogen and oxygen atoms in total. The summed E-state index contributed by atoms with van der Waals surface area (Å²) in [6.45, 7) is 1.12. The first-order chi connectivity index (χ1) is 14.9. The highest BCUT2D eigenvalue weighted by molar-refractivity contribution is 5.96. The molecule has 156 valence electrons. The lowest BCUT2D eigenvalue weighted by molar-refractivity contribution is 0.0695. The van der Waals surface area contributed by atoms with Crippen molar-refractivity contribution in [2.75, 3.05) is 18.0 Å². The quantitative estimate of drug-likeness (QED) is 0.531. The molecule has 1 fully saturated rings. The highest BCUT2D eigenvalue weighted by Gasteiger charge is 2.24. The third kappa shape index (κ3) is 3.12. The highest BCUT2D eigenvalue weighted by atomic mass is 19.1. The van der Waals surface area contributed by atoms with Crippen LogP contribution >= 0.6 is 0 Å². The van der Waals surface area contributed by atoms with E-state index in [0.29, 0.717) is 30.0 Å². The molecule has 3 heterocycles. The monoisotopic (exact) mass is 418 g/mol. The number of benzene rings is 2. The van der Waals surface area contributed by atoms with E-state index >= 15 is 4.39 Å². The fourth-order valence-electron chi connectivity index (χ4n) is 4.23. The van der Waals surface area contributed by atoms with Crippen LogP contribution in [0.25, 0.3) is 27.5 Å². The predicted molar refractivity (Wildman–Crippen MR) is 117 cm³/mol. The number of anilines is 1. The smallest absolute Gasteiger partial charge is 0.341 e. The fraction of sp³-hybridized carbons (Fsp3) is 0.174. The van der Waals surface area contributed by atoms with E-state index in [-0.39, 0.29) is 11.4 Å². The van der Waals surface area contributed by atoms with Crippen LogP contribution < -0.4 is 16.1 Å². The zero-order valence-electron chi connectivity index (χ0n) is 16.5. The van der Waals surface area contributed by atoms with Gasteiger partial charge in [0.05, 0.1) is 22.4 Å². The summed E-state index contributed by atoms with van der Waals surface area (Å²) in [6, 6.07) is 11.8. The van der Waals surface area contributed by atoms with E-state index in [1.54, 1.807) is 29.0 Å². The molecule has 0 spiro atoms. The number of hydrogen-bond donors (Lipinski definition) is 2. The van der Waals surface area contributed by atoms with Crippen molar-refractivity contribution in [3.8, 4) is 5.69 Å². The number of halogens is 1.